The van der Waals surface area contributed by atoms with Gasteiger partial charge in [-0.05, 0) is 78.4 Å². The summed E-state index contributed by atoms with van der Waals surface area (Å²) in [6, 6.07) is 16.3. The number of nitrogens with two attached hydrogens (primary N) is 1. The molecule has 6 nitrogen and oxygen atoms in total. The summed E-state index contributed by atoms with van der Waals surface area (Å²) < 4.78 is 25.0. The second kappa shape index (κ2) is 8.22. The number of benzene rings is 2. The van der Waals surface area contributed by atoms with Gasteiger partial charge in [0, 0.05) is 41.3 Å². The van der Waals surface area contributed by atoms with Gasteiger partial charge in [-0.25, -0.2) is 13.6 Å². The molecule has 7 heteroatoms. The summed E-state index contributed by atoms with van der Waals surface area (Å²) in [5.74, 6) is -0.0865. The van der Waals surface area contributed by atoms with Crippen LogP contribution in [0.2, 0.25) is 0 Å². The van der Waals surface area contributed by atoms with Gasteiger partial charge in [0.1, 0.15) is 0 Å². The van der Waals surface area contributed by atoms with E-state index in [4.69, 9.17) is 5.14 Å². The van der Waals surface area contributed by atoms with Crippen molar-refractivity contribution in [1.29, 1.82) is 0 Å². The van der Waals surface area contributed by atoms with E-state index in [0.29, 0.717) is 6.42 Å². The van der Waals surface area contributed by atoms with Gasteiger partial charge in [0.15, 0.2) is 5.78 Å². The summed E-state index contributed by atoms with van der Waals surface area (Å²) in [7, 11) is -3.73. The van der Waals surface area contributed by atoms with Crippen molar-refractivity contribution in [2.45, 2.75) is 43.9 Å². The van der Waals surface area contributed by atoms with Gasteiger partial charge in [0.05, 0.1) is 4.90 Å². The van der Waals surface area contributed by atoms with Gasteiger partial charge in [0.2, 0.25) is 10.0 Å². The van der Waals surface area contributed by atoms with E-state index in [1.54, 1.807) is 12.1 Å². The number of sulfonamides is 1. The molecule has 2 aromatic carbocycles. The largest absolute Gasteiger partial charge is 0.385 e. The third kappa shape index (κ3) is 4.36. The Morgan fingerprint density at radius 3 is 2.56 bits per heavy atom. The summed E-state index contributed by atoms with van der Waals surface area (Å²) in [6.07, 6.45) is 3.51. The zero-order chi connectivity index (χ0) is 23.1. The Bertz CT molecular complexity index is 1260. The van der Waals surface area contributed by atoms with Crippen molar-refractivity contribution in [3.63, 3.8) is 0 Å². The maximum absolute atomic E-state index is 13.3. The monoisotopic (exact) mass is 451 g/mol. The van der Waals surface area contributed by atoms with Gasteiger partial charge < -0.3 is 9.88 Å². The average Bonchev–Trinajstić information content (AvgIpc) is 3.20. The van der Waals surface area contributed by atoms with E-state index in [0.717, 1.165) is 35.6 Å². The van der Waals surface area contributed by atoms with Gasteiger partial charge >= 0.3 is 0 Å². The molecule has 2 heterocycles. The van der Waals surface area contributed by atoms with E-state index >= 15 is 0 Å². The number of Topliss-reactive ketones (excluding diaryl/α,β-unsaturated/α-hetero) is 1. The standard InChI is InChI=1S/C25H29N3O3S/c1-17(24(29)18-6-11-23-22(16-18)25(2,3)12-13-27-23)15-20-5-4-14-28(20)19-7-9-21(10-8-19)32(26,30)31/h4-11,14,16-17,27H,12-13,15H2,1-3H3,(H2,26,30,31). The lowest BCUT2D eigenvalue weighted by atomic mass is 9.77. The number of hydrogen-bond acceptors (Lipinski definition) is 4. The molecule has 3 N–H and O–H groups in total. The van der Waals surface area contributed by atoms with Crippen LogP contribution >= 0.6 is 0 Å². The average molecular weight is 452 g/mol. The van der Waals surface area contributed by atoms with Crippen LogP contribution in [0.4, 0.5) is 5.69 Å². The molecule has 0 bridgehead atoms. The number of anilines is 1. The van der Waals surface area contributed by atoms with E-state index < -0.39 is 10.0 Å². The zero-order valence-electron chi connectivity index (χ0n) is 18.6. The molecule has 1 aliphatic heterocycles. The molecule has 1 aromatic heterocycles. The second-order valence-corrected chi connectivity index (χ2v) is 10.8. The van der Waals surface area contributed by atoms with Gasteiger partial charge in [0.25, 0.3) is 0 Å². The molecule has 0 radical (unpaired) electrons. The highest BCUT2D eigenvalue weighted by Gasteiger charge is 2.29. The Hall–Kier alpha value is -2.90. The summed E-state index contributed by atoms with van der Waals surface area (Å²) >= 11 is 0. The van der Waals surface area contributed by atoms with Crippen LogP contribution in [-0.4, -0.2) is 25.3 Å². The first kappa shape index (κ1) is 22.3. The van der Waals surface area contributed by atoms with Crippen molar-refractivity contribution >= 4 is 21.5 Å². The third-order valence-electron chi connectivity index (χ3n) is 6.34. The maximum atomic E-state index is 13.3. The predicted octanol–water partition coefficient (Wildman–Crippen LogP) is 4.28. The van der Waals surface area contributed by atoms with E-state index in [1.807, 2.05) is 48.0 Å². The first-order chi connectivity index (χ1) is 15.1. The lowest BCUT2D eigenvalue weighted by Crippen LogP contribution is -2.28. The molecule has 1 unspecified atom stereocenters. The molecule has 0 fully saturated rings. The van der Waals surface area contributed by atoms with Crippen LogP contribution in [0.25, 0.3) is 5.69 Å². The van der Waals surface area contributed by atoms with Crippen LogP contribution in [0.1, 0.15) is 48.8 Å². The van der Waals surface area contributed by atoms with Crippen molar-refractivity contribution in [2.24, 2.45) is 11.1 Å². The number of fused-ring (bicyclic) bond motifs is 1. The number of aromatic nitrogens is 1. The molecule has 0 spiro atoms. The van der Waals surface area contributed by atoms with Crippen LogP contribution < -0.4 is 10.5 Å². The highest BCUT2D eigenvalue weighted by molar-refractivity contribution is 7.89. The molecule has 1 aliphatic rings. The number of carbonyl (C=O) groups is 1. The Morgan fingerprint density at radius 2 is 1.88 bits per heavy atom. The minimum atomic E-state index is -3.73. The van der Waals surface area contributed by atoms with Crippen LogP contribution in [0, 0.1) is 5.92 Å². The fourth-order valence-corrected chi connectivity index (χ4v) is 4.89. The van der Waals surface area contributed by atoms with Crippen molar-refractivity contribution in [2.75, 3.05) is 11.9 Å². The Labute approximate surface area is 189 Å². The van der Waals surface area contributed by atoms with Crippen molar-refractivity contribution in [1.82, 2.24) is 4.57 Å². The lowest BCUT2D eigenvalue weighted by Gasteiger charge is -2.33. The molecule has 32 heavy (non-hydrogen) atoms. The normalized spacial score (nSPS) is 16.1. The fourth-order valence-electron chi connectivity index (χ4n) is 4.38. The molecule has 168 valence electrons. The number of nitrogens with one attached hydrogen (secondary N) is 1. The number of primary sulfonamides is 1. The molecule has 0 amide bonds. The topological polar surface area (TPSA) is 94.2 Å². The number of ketones is 1. The van der Waals surface area contributed by atoms with Crippen molar-refractivity contribution in [3.8, 4) is 5.69 Å². The van der Waals surface area contributed by atoms with Crippen LogP contribution in [0.15, 0.2) is 65.7 Å². The van der Waals surface area contributed by atoms with Gasteiger partial charge in [-0.15, -0.1) is 0 Å². The summed E-state index contributed by atoms with van der Waals surface area (Å²) in [4.78, 5) is 13.3. The molecule has 1 atom stereocenters. The van der Waals surface area contributed by atoms with Gasteiger partial charge in [-0.1, -0.05) is 20.8 Å². The minimum absolute atomic E-state index is 0.0397. The SMILES string of the molecule is CC(Cc1cccn1-c1ccc(S(N)(=O)=O)cc1)C(=O)c1ccc2c(c1)C(C)(C)CCN2. The predicted molar refractivity (Wildman–Crippen MR) is 127 cm³/mol. The van der Waals surface area contributed by atoms with Gasteiger partial charge in [-0.3, -0.25) is 4.79 Å². The number of hydrogen-bond donors (Lipinski definition) is 2. The number of rotatable bonds is 6. The van der Waals surface area contributed by atoms with E-state index in [9.17, 15) is 13.2 Å². The molecular weight excluding hydrogens is 422 g/mol. The Morgan fingerprint density at radius 1 is 1.16 bits per heavy atom. The molecule has 0 saturated heterocycles. The number of carbonyl (C=O) groups excluding carboxylic acids is 1. The zero-order valence-corrected chi connectivity index (χ0v) is 19.4. The van der Waals surface area contributed by atoms with E-state index in [2.05, 4.69) is 19.2 Å². The number of nitrogens with zero attached hydrogens (tertiary/aromatic N) is 1. The lowest BCUT2D eigenvalue weighted by molar-refractivity contribution is 0.0928. The second-order valence-electron chi connectivity index (χ2n) is 9.20. The van der Waals surface area contributed by atoms with Crippen LogP contribution in [-0.2, 0) is 21.9 Å². The van der Waals surface area contributed by atoms with Crippen LogP contribution in [0.5, 0.6) is 0 Å². The van der Waals surface area contributed by atoms with E-state index in [1.165, 1.54) is 17.7 Å². The van der Waals surface area contributed by atoms with Gasteiger partial charge in [-0.2, -0.15) is 0 Å². The molecule has 4 rings (SSSR count). The maximum Gasteiger partial charge on any atom is 0.238 e. The van der Waals surface area contributed by atoms with Crippen LogP contribution in [0.3, 0.4) is 0 Å². The molecular formula is C25H29N3O3S. The third-order valence-corrected chi connectivity index (χ3v) is 7.27. The first-order valence-corrected chi connectivity index (χ1v) is 12.3. The van der Waals surface area contributed by atoms with E-state index in [-0.39, 0.29) is 22.0 Å². The highest BCUT2D eigenvalue weighted by Crippen LogP contribution is 2.37. The quantitative estimate of drug-likeness (QED) is 0.547. The van der Waals surface area contributed by atoms with Crippen molar-refractivity contribution in [3.05, 3.63) is 77.6 Å². The Balaban J connectivity index is 1.55. The summed E-state index contributed by atoms with van der Waals surface area (Å²) in [6.45, 7) is 7.34. The summed E-state index contributed by atoms with van der Waals surface area (Å²) in [5.41, 5.74) is 4.89. The highest BCUT2D eigenvalue weighted by atomic mass is 32.2. The smallest absolute Gasteiger partial charge is 0.238 e. The Kier molecular flexibility index (Phi) is 5.73. The fraction of sp³-hybridized carbons (Fsp3) is 0.320. The first-order valence-electron chi connectivity index (χ1n) is 10.8. The summed E-state index contributed by atoms with van der Waals surface area (Å²) in [5, 5.41) is 8.62. The van der Waals surface area contributed by atoms with Crippen molar-refractivity contribution < 1.29 is 13.2 Å². The molecule has 3 aromatic rings. The molecule has 0 saturated carbocycles. The molecule has 0 aliphatic carbocycles. The minimum Gasteiger partial charge on any atom is -0.385 e.